The van der Waals surface area contributed by atoms with Gasteiger partial charge in [-0.25, -0.2) is 0 Å². The summed E-state index contributed by atoms with van der Waals surface area (Å²) in [5, 5.41) is 0. The summed E-state index contributed by atoms with van der Waals surface area (Å²) in [6.45, 7) is 17.8. The first-order valence-electron chi connectivity index (χ1n) is 10.8. The normalized spacial score (nSPS) is 11.9. The number of rotatable bonds is 8. The summed E-state index contributed by atoms with van der Waals surface area (Å²) < 4.78 is 0. The molecule has 154 valence electrons. The van der Waals surface area contributed by atoms with Crippen LogP contribution >= 0.6 is 0 Å². The quantitative estimate of drug-likeness (QED) is 0.341. The molecule has 0 aliphatic heterocycles. The summed E-state index contributed by atoms with van der Waals surface area (Å²) in [5.74, 6) is 2.46. The molecular weight excluding hydrogens is 344 g/mol. The summed E-state index contributed by atoms with van der Waals surface area (Å²) in [5.41, 5.74) is 5.08. The van der Waals surface area contributed by atoms with Crippen LogP contribution in [0.2, 0.25) is 0 Å². The zero-order valence-corrected chi connectivity index (χ0v) is 19.1. The summed E-state index contributed by atoms with van der Waals surface area (Å²) in [6, 6.07) is 12.6. The van der Waals surface area contributed by atoms with E-state index in [1.807, 2.05) is 12.1 Å². The van der Waals surface area contributed by atoms with E-state index in [9.17, 15) is 0 Å². The van der Waals surface area contributed by atoms with E-state index >= 15 is 0 Å². The van der Waals surface area contributed by atoms with Crippen molar-refractivity contribution in [1.82, 2.24) is 0 Å². The standard InChI is InChI=1S/C26H38O2/c1-9-10-13-22-23(26(6,7)8)17-16-21(19(4)5)25(22)28-27-24-15-12-11-14-20(24)18(2)3/h11-12,14-19H,9-10,13H2,1-8H3. The second kappa shape index (κ2) is 9.49. The smallest absolute Gasteiger partial charge is 0.185 e. The maximum absolute atomic E-state index is 6.14. The first-order valence-corrected chi connectivity index (χ1v) is 10.8. The van der Waals surface area contributed by atoms with Crippen LogP contribution in [0.5, 0.6) is 11.5 Å². The van der Waals surface area contributed by atoms with Gasteiger partial charge in [0.05, 0.1) is 0 Å². The van der Waals surface area contributed by atoms with Crippen molar-refractivity contribution in [3.8, 4) is 11.5 Å². The van der Waals surface area contributed by atoms with E-state index in [1.54, 1.807) is 0 Å². The number of hydrogen-bond donors (Lipinski definition) is 0. The Balaban J connectivity index is 2.51. The number of para-hydroxylation sites is 1. The van der Waals surface area contributed by atoms with E-state index in [-0.39, 0.29) is 5.41 Å². The third-order valence-corrected chi connectivity index (χ3v) is 5.26. The molecule has 0 aliphatic rings. The lowest BCUT2D eigenvalue weighted by Crippen LogP contribution is -2.17. The van der Waals surface area contributed by atoms with Gasteiger partial charge in [-0.15, -0.1) is 0 Å². The van der Waals surface area contributed by atoms with E-state index in [4.69, 9.17) is 9.78 Å². The molecule has 0 amide bonds. The lowest BCUT2D eigenvalue weighted by molar-refractivity contribution is -0.103. The van der Waals surface area contributed by atoms with Gasteiger partial charge in [0.2, 0.25) is 0 Å². The Morgan fingerprint density at radius 3 is 2.04 bits per heavy atom. The van der Waals surface area contributed by atoms with Gasteiger partial charge in [-0.3, -0.25) is 9.78 Å². The first-order chi connectivity index (χ1) is 13.2. The third kappa shape index (κ3) is 5.31. The van der Waals surface area contributed by atoms with Crippen molar-refractivity contribution in [2.75, 3.05) is 0 Å². The van der Waals surface area contributed by atoms with Crippen LogP contribution in [0, 0.1) is 0 Å². The molecule has 0 heterocycles. The van der Waals surface area contributed by atoms with Crippen molar-refractivity contribution in [1.29, 1.82) is 0 Å². The fraction of sp³-hybridized carbons (Fsp3) is 0.538. The van der Waals surface area contributed by atoms with Crippen molar-refractivity contribution in [2.45, 2.75) is 91.9 Å². The predicted molar refractivity (Wildman–Crippen MR) is 120 cm³/mol. The largest absolute Gasteiger partial charge is 0.290 e. The highest BCUT2D eigenvalue weighted by Crippen LogP contribution is 2.39. The molecule has 2 nitrogen and oxygen atoms in total. The SMILES string of the molecule is CCCCc1c(C(C)(C)C)ccc(C(C)C)c1OOc1ccccc1C(C)C. The molecule has 0 saturated heterocycles. The molecule has 2 aromatic carbocycles. The molecule has 0 unspecified atom stereocenters. The van der Waals surface area contributed by atoms with Crippen LogP contribution in [0.3, 0.4) is 0 Å². The molecule has 2 aromatic rings. The lowest BCUT2D eigenvalue weighted by Gasteiger charge is -2.27. The molecule has 0 N–H and O–H groups in total. The van der Waals surface area contributed by atoms with Gasteiger partial charge in [-0.05, 0) is 41.7 Å². The minimum Gasteiger partial charge on any atom is -0.290 e. The zero-order chi connectivity index (χ0) is 20.9. The number of hydrogen-bond acceptors (Lipinski definition) is 2. The number of benzene rings is 2. The topological polar surface area (TPSA) is 18.5 Å². The Morgan fingerprint density at radius 2 is 1.46 bits per heavy atom. The molecule has 0 fully saturated rings. The molecule has 0 aromatic heterocycles. The Labute approximate surface area is 172 Å². The van der Waals surface area contributed by atoms with Gasteiger partial charge < -0.3 is 0 Å². The highest BCUT2D eigenvalue weighted by Gasteiger charge is 2.25. The van der Waals surface area contributed by atoms with E-state index in [1.165, 1.54) is 16.7 Å². The van der Waals surface area contributed by atoms with E-state index in [0.717, 1.165) is 36.3 Å². The van der Waals surface area contributed by atoms with Crippen molar-refractivity contribution < 1.29 is 9.78 Å². The van der Waals surface area contributed by atoms with Crippen molar-refractivity contribution >= 4 is 0 Å². The highest BCUT2D eigenvalue weighted by molar-refractivity contribution is 5.50. The van der Waals surface area contributed by atoms with Crippen LogP contribution < -0.4 is 9.78 Å². The van der Waals surface area contributed by atoms with Crippen LogP contribution in [0.25, 0.3) is 0 Å². The lowest BCUT2D eigenvalue weighted by atomic mass is 9.80. The Kier molecular flexibility index (Phi) is 7.57. The fourth-order valence-corrected chi connectivity index (χ4v) is 3.62. The van der Waals surface area contributed by atoms with Crippen LogP contribution in [0.15, 0.2) is 36.4 Å². The minimum absolute atomic E-state index is 0.0620. The Hall–Kier alpha value is -1.96. The van der Waals surface area contributed by atoms with Gasteiger partial charge >= 0.3 is 0 Å². The molecule has 0 radical (unpaired) electrons. The van der Waals surface area contributed by atoms with Crippen LogP contribution in [0.1, 0.15) is 102 Å². The van der Waals surface area contributed by atoms with Crippen molar-refractivity contribution in [3.05, 3.63) is 58.7 Å². The van der Waals surface area contributed by atoms with Gasteiger partial charge in [0, 0.05) is 16.7 Å². The van der Waals surface area contributed by atoms with Crippen molar-refractivity contribution in [3.63, 3.8) is 0 Å². The molecular formula is C26H38O2. The molecule has 28 heavy (non-hydrogen) atoms. The number of unbranched alkanes of at least 4 members (excludes halogenated alkanes) is 1. The minimum atomic E-state index is 0.0620. The van der Waals surface area contributed by atoms with E-state index < -0.39 is 0 Å². The molecule has 0 spiro atoms. The molecule has 0 bridgehead atoms. The van der Waals surface area contributed by atoms with Crippen molar-refractivity contribution in [2.24, 2.45) is 0 Å². The van der Waals surface area contributed by atoms with Gasteiger partial charge in [0.25, 0.3) is 0 Å². The molecule has 0 saturated carbocycles. The van der Waals surface area contributed by atoms with Gasteiger partial charge in [0.15, 0.2) is 11.5 Å². The monoisotopic (exact) mass is 382 g/mol. The maximum atomic E-state index is 6.14. The van der Waals surface area contributed by atoms with E-state index in [2.05, 4.69) is 79.7 Å². The van der Waals surface area contributed by atoms with Crippen LogP contribution in [0.4, 0.5) is 0 Å². The fourth-order valence-electron chi connectivity index (χ4n) is 3.62. The summed E-state index contributed by atoms with van der Waals surface area (Å²) >= 11 is 0. The Morgan fingerprint density at radius 1 is 0.821 bits per heavy atom. The van der Waals surface area contributed by atoms with E-state index in [0.29, 0.717) is 11.8 Å². The second-order valence-electron chi connectivity index (χ2n) is 9.38. The average Bonchev–Trinajstić information content (AvgIpc) is 2.63. The second-order valence-corrected chi connectivity index (χ2v) is 9.38. The summed E-state index contributed by atoms with van der Waals surface area (Å²) in [4.78, 5) is 12.1. The maximum Gasteiger partial charge on any atom is 0.185 e. The van der Waals surface area contributed by atoms with Crippen LogP contribution in [-0.4, -0.2) is 0 Å². The Bertz CT molecular complexity index is 766. The van der Waals surface area contributed by atoms with Crippen LogP contribution in [-0.2, 0) is 11.8 Å². The molecule has 2 rings (SSSR count). The summed E-state index contributed by atoms with van der Waals surface area (Å²) in [7, 11) is 0. The third-order valence-electron chi connectivity index (χ3n) is 5.26. The highest BCUT2D eigenvalue weighted by atomic mass is 17.2. The molecule has 0 aliphatic carbocycles. The average molecular weight is 383 g/mol. The van der Waals surface area contributed by atoms with Gasteiger partial charge in [-0.2, -0.15) is 0 Å². The molecule has 0 atom stereocenters. The first kappa shape index (κ1) is 22.3. The zero-order valence-electron chi connectivity index (χ0n) is 19.1. The summed E-state index contributed by atoms with van der Waals surface area (Å²) in [6.07, 6.45) is 3.31. The van der Waals surface area contributed by atoms with Gasteiger partial charge in [-0.1, -0.05) is 92.1 Å². The molecule has 2 heteroatoms. The predicted octanol–water partition coefficient (Wildman–Crippen LogP) is 7.95. The van der Waals surface area contributed by atoms with Gasteiger partial charge in [0.1, 0.15) is 0 Å².